The van der Waals surface area contributed by atoms with Crippen LogP contribution in [0.4, 0.5) is 11.4 Å². The van der Waals surface area contributed by atoms with Crippen LogP contribution in [-0.4, -0.2) is 36.1 Å². The van der Waals surface area contributed by atoms with Crippen molar-refractivity contribution in [2.24, 2.45) is 0 Å². The number of nitrogen functional groups attached to an aromatic ring is 1. The van der Waals surface area contributed by atoms with E-state index in [0.717, 1.165) is 54.7 Å². The quantitative estimate of drug-likeness (QED) is 0.601. The van der Waals surface area contributed by atoms with Crippen molar-refractivity contribution in [1.29, 1.82) is 0 Å². The molecule has 4 heteroatoms. The Morgan fingerprint density at radius 3 is 2.70 bits per heavy atom. The molecule has 1 aromatic carbocycles. The molecule has 1 aromatic heterocycles. The second-order valence-corrected chi connectivity index (χ2v) is 4.93. The lowest BCUT2D eigenvalue weighted by atomic mass is 10.1. The third kappa shape index (κ3) is 3.39. The van der Waals surface area contributed by atoms with E-state index in [1.807, 2.05) is 24.4 Å². The highest BCUT2D eigenvalue weighted by Crippen LogP contribution is 2.27. The van der Waals surface area contributed by atoms with Gasteiger partial charge in [-0.25, -0.2) is 0 Å². The summed E-state index contributed by atoms with van der Waals surface area (Å²) in [7, 11) is 0. The van der Waals surface area contributed by atoms with E-state index >= 15 is 0 Å². The summed E-state index contributed by atoms with van der Waals surface area (Å²) in [6, 6.07) is 5.96. The highest BCUT2D eigenvalue weighted by atomic mass is 15.1. The maximum atomic E-state index is 5.99. The summed E-state index contributed by atoms with van der Waals surface area (Å²) >= 11 is 0. The molecular weight excluding hydrogens is 248 g/mol. The SMILES string of the molecule is CCN(CC)CCCNc1ccc(N)c2ccncc12. The topological polar surface area (TPSA) is 54.2 Å². The number of hydrogen-bond donors (Lipinski definition) is 2. The molecule has 0 fully saturated rings. The van der Waals surface area contributed by atoms with Gasteiger partial charge in [-0.05, 0) is 44.3 Å². The number of hydrogen-bond acceptors (Lipinski definition) is 4. The molecular formula is C16H24N4. The first-order chi connectivity index (χ1) is 9.76. The Morgan fingerprint density at radius 1 is 1.15 bits per heavy atom. The summed E-state index contributed by atoms with van der Waals surface area (Å²) in [4.78, 5) is 6.63. The average Bonchev–Trinajstić information content (AvgIpc) is 2.50. The molecule has 0 spiro atoms. The predicted octanol–water partition coefficient (Wildman–Crippen LogP) is 2.96. The first kappa shape index (κ1) is 14.6. The second-order valence-electron chi connectivity index (χ2n) is 4.93. The molecule has 0 saturated carbocycles. The van der Waals surface area contributed by atoms with Gasteiger partial charge in [0.1, 0.15) is 0 Å². The third-order valence-corrected chi connectivity index (χ3v) is 3.71. The van der Waals surface area contributed by atoms with Gasteiger partial charge in [0.2, 0.25) is 0 Å². The molecule has 0 bridgehead atoms. The van der Waals surface area contributed by atoms with Crippen LogP contribution < -0.4 is 11.1 Å². The Kier molecular flexibility index (Phi) is 5.18. The predicted molar refractivity (Wildman–Crippen MR) is 87.1 cm³/mol. The van der Waals surface area contributed by atoms with E-state index < -0.39 is 0 Å². The van der Waals surface area contributed by atoms with Crippen LogP contribution in [0.15, 0.2) is 30.6 Å². The summed E-state index contributed by atoms with van der Waals surface area (Å²) in [6.45, 7) is 8.73. The third-order valence-electron chi connectivity index (χ3n) is 3.71. The van der Waals surface area contributed by atoms with Gasteiger partial charge in [-0.1, -0.05) is 13.8 Å². The lowest BCUT2D eigenvalue weighted by Gasteiger charge is -2.18. The van der Waals surface area contributed by atoms with Gasteiger partial charge in [-0.2, -0.15) is 0 Å². The van der Waals surface area contributed by atoms with E-state index in [1.165, 1.54) is 0 Å². The number of anilines is 2. The first-order valence-electron chi connectivity index (χ1n) is 7.34. The van der Waals surface area contributed by atoms with E-state index in [1.54, 1.807) is 6.20 Å². The largest absolute Gasteiger partial charge is 0.398 e. The van der Waals surface area contributed by atoms with Crippen LogP contribution in [0.5, 0.6) is 0 Å². The molecule has 0 amide bonds. The zero-order chi connectivity index (χ0) is 14.4. The number of fused-ring (bicyclic) bond motifs is 1. The van der Waals surface area contributed by atoms with Gasteiger partial charge in [0.05, 0.1) is 0 Å². The monoisotopic (exact) mass is 272 g/mol. The summed E-state index contributed by atoms with van der Waals surface area (Å²) in [5, 5.41) is 5.65. The van der Waals surface area contributed by atoms with Crippen molar-refractivity contribution in [2.75, 3.05) is 37.2 Å². The zero-order valence-corrected chi connectivity index (χ0v) is 12.4. The number of benzene rings is 1. The maximum Gasteiger partial charge on any atom is 0.0437 e. The number of nitrogens with two attached hydrogens (primary N) is 1. The van der Waals surface area contributed by atoms with Crippen LogP contribution >= 0.6 is 0 Å². The lowest BCUT2D eigenvalue weighted by molar-refractivity contribution is 0.303. The minimum absolute atomic E-state index is 0.802. The molecule has 1 heterocycles. The van der Waals surface area contributed by atoms with Crippen LogP contribution in [0.2, 0.25) is 0 Å². The van der Waals surface area contributed by atoms with E-state index in [4.69, 9.17) is 5.73 Å². The maximum absolute atomic E-state index is 5.99. The van der Waals surface area contributed by atoms with Crippen molar-refractivity contribution in [1.82, 2.24) is 9.88 Å². The highest BCUT2D eigenvalue weighted by molar-refractivity contribution is 6.00. The molecule has 0 aliphatic carbocycles. The van der Waals surface area contributed by atoms with Gasteiger partial charge >= 0.3 is 0 Å². The Bertz CT molecular complexity index is 549. The Hall–Kier alpha value is -1.81. The molecule has 2 aromatic rings. The molecule has 0 aliphatic heterocycles. The van der Waals surface area contributed by atoms with Gasteiger partial charge in [-0.3, -0.25) is 4.98 Å². The molecule has 20 heavy (non-hydrogen) atoms. The van der Waals surface area contributed by atoms with Crippen LogP contribution in [0, 0.1) is 0 Å². The minimum atomic E-state index is 0.802. The van der Waals surface area contributed by atoms with Crippen molar-refractivity contribution in [3.05, 3.63) is 30.6 Å². The van der Waals surface area contributed by atoms with E-state index in [0.29, 0.717) is 0 Å². The molecule has 0 aliphatic rings. The Morgan fingerprint density at radius 2 is 1.95 bits per heavy atom. The lowest BCUT2D eigenvalue weighted by Crippen LogP contribution is -2.25. The highest BCUT2D eigenvalue weighted by Gasteiger charge is 2.04. The van der Waals surface area contributed by atoms with Crippen LogP contribution in [0.1, 0.15) is 20.3 Å². The van der Waals surface area contributed by atoms with Crippen molar-refractivity contribution in [3.63, 3.8) is 0 Å². The second kappa shape index (κ2) is 7.10. The molecule has 2 rings (SSSR count). The Labute approximate surface area is 121 Å². The van der Waals surface area contributed by atoms with Crippen LogP contribution in [0.3, 0.4) is 0 Å². The van der Waals surface area contributed by atoms with Crippen molar-refractivity contribution < 1.29 is 0 Å². The molecule has 0 unspecified atom stereocenters. The number of nitrogens with one attached hydrogen (secondary N) is 1. The average molecular weight is 272 g/mol. The molecule has 108 valence electrons. The van der Waals surface area contributed by atoms with E-state index in [9.17, 15) is 0 Å². The molecule has 0 atom stereocenters. The standard InChI is InChI=1S/C16H24N4/c1-3-20(4-2)11-5-9-19-16-7-6-15(17)13-8-10-18-12-14(13)16/h6-8,10,12,19H,3-5,9,11,17H2,1-2H3. The smallest absolute Gasteiger partial charge is 0.0437 e. The van der Waals surface area contributed by atoms with E-state index in [2.05, 4.69) is 29.0 Å². The molecule has 0 radical (unpaired) electrons. The molecule has 4 nitrogen and oxygen atoms in total. The first-order valence-corrected chi connectivity index (χ1v) is 7.34. The summed E-state index contributed by atoms with van der Waals surface area (Å²) < 4.78 is 0. The van der Waals surface area contributed by atoms with Crippen molar-refractivity contribution >= 4 is 22.1 Å². The van der Waals surface area contributed by atoms with Gasteiger partial charge in [0.25, 0.3) is 0 Å². The number of rotatable bonds is 7. The fraction of sp³-hybridized carbons (Fsp3) is 0.438. The Balaban J connectivity index is 1.98. The zero-order valence-electron chi connectivity index (χ0n) is 12.4. The van der Waals surface area contributed by atoms with Gasteiger partial charge in [0.15, 0.2) is 0 Å². The van der Waals surface area contributed by atoms with Gasteiger partial charge in [-0.15, -0.1) is 0 Å². The van der Waals surface area contributed by atoms with E-state index in [-0.39, 0.29) is 0 Å². The number of nitrogens with zero attached hydrogens (tertiary/aromatic N) is 2. The normalized spacial score (nSPS) is 11.2. The molecule has 0 saturated heterocycles. The van der Waals surface area contributed by atoms with Crippen LogP contribution in [-0.2, 0) is 0 Å². The molecule has 3 N–H and O–H groups in total. The number of aromatic nitrogens is 1. The van der Waals surface area contributed by atoms with Gasteiger partial charge < -0.3 is 16.0 Å². The summed E-state index contributed by atoms with van der Waals surface area (Å²) in [5.74, 6) is 0. The van der Waals surface area contributed by atoms with Crippen LogP contribution in [0.25, 0.3) is 10.8 Å². The minimum Gasteiger partial charge on any atom is -0.398 e. The van der Waals surface area contributed by atoms with Gasteiger partial charge in [0, 0.05) is 41.1 Å². The van der Waals surface area contributed by atoms with Crippen molar-refractivity contribution in [2.45, 2.75) is 20.3 Å². The fourth-order valence-corrected chi connectivity index (χ4v) is 2.43. The summed E-state index contributed by atoms with van der Waals surface area (Å²) in [5.41, 5.74) is 7.91. The van der Waals surface area contributed by atoms with Crippen molar-refractivity contribution in [3.8, 4) is 0 Å². The number of pyridine rings is 1. The fourth-order valence-electron chi connectivity index (χ4n) is 2.43. The summed E-state index contributed by atoms with van der Waals surface area (Å²) in [6.07, 6.45) is 4.79.